The Morgan fingerprint density at radius 2 is 1.89 bits per heavy atom. The van der Waals surface area contributed by atoms with E-state index in [1.165, 1.54) is 0 Å². The third-order valence-electron chi connectivity index (χ3n) is 4.44. The van der Waals surface area contributed by atoms with Crippen molar-refractivity contribution in [3.63, 3.8) is 0 Å². The van der Waals surface area contributed by atoms with E-state index >= 15 is 0 Å². The lowest BCUT2D eigenvalue weighted by Gasteiger charge is -2.09. The van der Waals surface area contributed by atoms with E-state index < -0.39 is 5.97 Å². The van der Waals surface area contributed by atoms with Gasteiger partial charge in [-0.05, 0) is 55.8 Å². The molecular formula is C21H19N3O3. The highest BCUT2D eigenvalue weighted by atomic mass is 16.5. The number of esters is 1. The Hall–Kier alpha value is -3.54. The first-order chi connectivity index (χ1) is 13.1. The average Bonchev–Trinajstić information content (AvgIpc) is 3.04. The lowest BCUT2D eigenvalue weighted by molar-refractivity contribution is 0.0519. The van der Waals surface area contributed by atoms with Gasteiger partial charge in [-0.2, -0.15) is 0 Å². The van der Waals surface area contributed by atoms with E-state index in [0.717, 1.165) is 27.4 Å². The monoisotopic (exact) mass is 361 g/mol. The van der Waals surface area contributed by atoms with Crippen molar-refractivity contribution in [2.75, 3.05) is 12.3 Å². The zero-order valence-electron chi connectivity index (χ0n) is 15.1. The van der Waals surface area contributed by atoms with Gasteiger partial charge in [0.05, 0.1) is 29.2 Å². The SMILES string of the molecule is CCOC(=O)c1ncc2[nH]c3cccc(Oc4ccc(N)cc4)c3c2c1C. The molecule has 0 bridgehead atoms. The Morgan fingerprint density at radius 3 is 2.63 bits per heavy atom. The van der Waals surface area contributed by atoms with Crippen molar-refractivity contribution in [3.8, 4) is 11.5 Å². The van der Waals surface area contributed by atoms with Crippen LogP contribution in [0.5, 0.6) is 11.5 Å². The number of ether oxygens (including phenoxy) is 2. The van der Waals surface area contributed by atoms with E-state index in [9.17, 15) is 4.79 Å². The predicted molar refractivity (Wildman–Crippen MR) is 105 cm³/mol. The molecule has 0 aliphatic heterocycles. The largest absolute Gasteiger partial charge is 0.461 e. The average molecular weight is 361 g/mol. The summed E-state index contributed by atoms with van der Waals surface area (Å²) in [6.45, 7) is 3.95. The molecule has 0 atom stereocenters. The van der Waals surface area contributed by atoms with Gasteiger partial charge >= 0.3 is 5.97 Å². The van der Waals surface area contributed by atoms with Crippen LogP contribution in [-0.2, 0) is 4.74 Å². The van der Waals surface area contributed by atoms with Crippen molar-refractivity contribution in [2.24, 2.45) is 0 Å². The smallest absolute Gasteiger partial charge is 0.357 e. The summed E-state index contributed by atoms with van der Waals surface area (Å²) in [6, 6.07) is 13.0. The molecule has 4 rings (SSSR count). The highest BCUT2D eigenvalue weighted by Gasteiger charge is 2.19. The number of nitrogen functional groups attached to an aromatic ring is 1. The normalized spacial score (nSPS) is 11.0. The highest BCUT2D eigenvalue weighted by molar-refractivity contribution is 6.13. The summed E-state index contributed by atoms with van der Waals surface area (Å²) in [5, 5.41) is 1.80. The number of carbonyl (C=O) groups excluding carboxylic acids is 1. The summed E-state index contributed by atoms with van der Waals surface area (Å²) in [5.74, 6) is 0.944. The maximum Gasteiger partial charge on any atom is 0.357 e. The second-order valence-electron chi connectivity index (χ2n) is 6.22. The van der Waals surface area contributed by atoms with E-state index in [0.29, 0.717) is 29.5 Å². The first-order valence-electron chi connectivity index (χ1n) is 8.69. The number of hydrogen-bond donors (Lipinski definition) is 2. The minimum absolute atomic E-state index is 0.303. The number of nitrogens with zero attached hydrogens (tertiary/aromatic N) is 1. The zero-order valence-corrected chi connectivity index (χ0v) is 15.1. The number of rotatable bonds is 4. The second-order valence-corrected chi connectivity index (χ2v) is 6.22. The number of hydrogen-bond acceptors (Lipinski definition) is 5. The summed E-state index contributed by atoms with van der Waals surface area (Å²) in [7, 11) is 0. The lowest BCUT2D eigenvalue weighted by atomic mass is 10.1. The molecule has 2 aromatic heterocycles. The number of H-pyrrole nitrogens is 1. The van der Waals surface area contributed by atoms with E-state index in [1.54, 1.807) is 25.3 Å². The number of anilines is 1. The molecule has 0 fully saturated rings. The van der Waals surface area contributed by atoms with Gasteiger partial charge in [0.2, 0.25) is 0 Å². The molecule has 2 aromatic carbocycles. The number of carbonyl (C=O) groups is 1. The minimum Gasteiger partial charge on any atom is -0.461 e. The van der Waals surface area contributed by atoms with Gasteiger partial charge in [0.15, 0.2) is 5.69 Å². The van der Waals surface area contributed by atoms with Crippen LogP contribution in [0.3, 0.4) is 0 Å². The van der Waals surface area contributed by atoms with E-state index in [-0.39, 0.29) is 0 Å². The molecule has 3 N–H and O–H groups in total. The van der Waals surface area contributed by atoms with Crippen LogP contribution in [0.15, 0.2) is 48.7 Å². The molecule has 0 spiro atoms. The number of pyridine rings is 1. The number of aromatic nitrogens is 2. The van der Waals surface area contributed by atoms with Crippen LogP contribution in [0.25, 0.3) is 21.8 Å². The number of benzene rings is 2. The molecule has 136 valence electrons. The first kappa shape index (κ1) is 16.9. The molecule has 6 heteroatoms. The van der Waals surface area contributed by atoms with Gasteiger partial charge in [-0.15, -0.1) is 0 Å². The quantitative estimate of drug-likeness (QED) is 0.410. The summed E-state index contributed by atoms with van der Waals surface area (Å²) >= 11 is 0. The molecule has 0 aliphatic rings. The molecule has 4 aromatic rings. The van der Waals surface area contributed by atoms with Crippen LogP contribution in [0, 0.1) is 6.92 Å². The Bertz CT molecular complexity index is 1150. The molecule has 0 amide bonds. The van der Waals surface area contributed by atoms with Crippen LogP contribution >= 0.6 is 0 Å². The summed E-state index contributed by atoms with van der Waals surface area (Å²) in [4.78, 5) is 19.9. The van der Waals surface area contributed by atoms with Crippen molar-refractivity contribution in [3.05, 3.63) is 59.9 Å². The molecule has 0 aliphatic carbocycles. The standard InChI is InChI=1S/C21H19N3O3/c1-3-26-21(25)20-12(2)18-16(11-23-20)24-15-5-4-6-17(19(15)18)27-14-9-7-13(22)8-10-14/h4-11,24H,3,22H2,1-2H3. The van der Waals surface area contributed by atoms with E-state index in [4.69, 9.17) is 15.2 Å². The van der Waals surface area contributed by atoms with Crippen LogP contribution in [0.4, 0.5) is 5.69 Å². The van der Waals surface area contributed by atoms with Gasteiger partial charge in [-0.25, -0.2) is 9.78 Å². The van der Waals surface area contributed by atoms with Gasteiger partial charge in [0.25, 0.3) is 0 Å². The molecular weight excluding hydrogens is 342 g/mol. The minimum atomic E-state index is -0.428. The van der Waals surface area contributed by atoms with Gasteiger partial charge in [0, 0.05) is 11.1 Å². The zero-order chi connectivity index (χ0) is 19.0. The van der Waals surface area contributed by atoms with Crippen LogP contribution < -0.4 is 10.5 Å². The summed E-state index contributed by atoms with van der Waals surface area (Å²) in [5.41, 5.74) is 9.23. The fourth-order valence-electron chi connectivity index (χ4n) is 3.22. The molecule has 0 unspecified atom stereocenters. The van der Waals surface area contributed by atoms with Gasteiger partial charge in [-0.3, -0.25) is 0 Å². The number of aromatic amines is 1. The second kappa shape index (κ2) is 6.64. The summed E-state index contributed by atoms with van der Waals surface area (Å²) in [6.07, 6.45) is 1.65. The first-order valence-corrected chi connectivity index (χ1v) is 8.69. The fraction of sp³-hybridized carbons (Fsp3) is 0.143. The Kier molecular flexibility index (Phi) is 4.16. The Balaban J connectivity index is 1.91. The Labute approximate surface area is 155 Å². The summed E-state index contributed by atoms with van der Waals surface area (Å²) < 4.78 is 11.2. The van der Waals surface area contributed by atoms with Crippen LogP contribution in [0.2, 0.25) is 0 Å². The third kappa shape index (κ3) is 2.95. The molecule has 0 saturated carbocycles. The molecule has 0 radical (unpaired) electrons. The fourth-order valence-corrected chi connectivity index (χ4v) is 3.22. The van der Waals surface area contributed by atoms with Gasteiger partial charge in [0.1, 0.15) is 11.5 Å². The van der Waals surface area contributed by atoms with E-state index in [2.05, 4.69) is 9.97 Å². The predicted octanol–water partition coefficient (Wildman–Crippen LogP) is 4.58. The molecule has 0 saturated heterocycles. The number of fused-ring (bicyclic) bond motifs is 3. The lowest BCUT2D eigenvalue weighted by Crippen LogP contribution is -2.09. The highest BCUT2D eigenvalue weighted by Crippen LogP contribution is 2.37. The van der Waals surface area contributed by atoms with Crippen molar-refractivity contribution in [1.29, 1.82) is 0 Å². The molecule has 27 heavy (non-hydrogen) atoms. The third-order valence-corrected chi connectivity index (χ3v) is 4.44. The van der Waals surface area contributed by atoms with Crippen molar-refractivity contribution >= 4 is 33.5 Å². The van der Waals surface area contributed by atoms with Gasteiger partial charge < -0.3 is 20.2 Å². The Morgan fingerprint density at radius 1 is 1.11 bits per heavy atom. The van der Waals surface area contributed by atoms with Crippen LogP contribution in [-0.4, -0.2) is 22.5 Å². The van der Waals surface area contributed by atoms with Crippen LogP contribution in [0.1, 0.15) is 23.0 Å². The van der Waals surface area contributed by atoms with E-state index in [1.807, 2.05) is 37.3 Å². The molecule has 2 heterocycles. The van der Waals surface area contributed by atoms with Gasteiger partial charge in [-0.1, -0.05) is 6.07 Å². The number of aryl methyl sites for hydroxylation is 1. The number of nitrogens with two attached hydrogens (primary N) is 1. The maximum absolute atomic E-state index is 12.2. The molecule has 6 nitrogen and oxygen atoms in total. The van der Waals surface area contributed by atoms with Crippen molar-refractivity contribution in [1.82, 2.24) is 9.97 Å². The topological polar surface area (TPSA) is 90.2 Å². The van der Waals surface area contributed by atoms with Crippen molar-refractivity contribution in [2.45, 2.75) is 13.8 Å². The number of nitrogens with one attached hydrogen (secondary N) is 1. The van der Waals surface area contributed by atoms with Crippen molar-refractivity contribution < 1.29 is 14.3 Å². The maximum atomic E-state index is 12.2.